The summed E-state index contributed by atoms with van der Waals surface area (Å²) in [6.07, 6.45) is -1.13. The summed E-state index contributed by atoms with van der Waals surface area (Å²) in [5.74, 6) is -2.30. The van der Waals surface area contributed by atoms with Crippen LogP contribution in [0.15, 0.2) is 24.3 Å². The van der Waals surface area contributed by atoms with Gasteiger partial charge >= 0.3 is 5.97 Å². The molecule has 0 aliphatic carbocycles. The van der Waals surface area contributed by atoms with E-state index in [4.69, 9.17) is 9.47 Å². The maximum absolute atomic E-state index is 13.8. The predicted molar refractivity (Wildman–Crippen MR) is 96.7 cm³/mol. The molecule has 0 aromatic heterocycles. The molecule has 1 heterocycles. The number of methoxy groups -OCH3 is 1. The highest BCUT2D eigenvalue weighted by Gasteiger charge is 2.40. The molecule has 0 radical (unpaired) electrons. The number of likely N-dealkylation sites (tertiary alicyclic amines) is 1. The van der Waals surface area contributed by atoms with Gasteiger partial charge in [0.15, 0.2) is 6.61 Å². The Hall–Kier alpha value is -2.52. The minimum absolute atomic E-state index is 0.00351. The average Bonchev–Trinajstić information content (AvgIpc) is 3.04. The third-order valence-corrected chi connectivity index (χ3v) is 4.34. The Morgan fingerprint density at radius 2 is 2.07 bits per heavy atom. The number of carbonyl (C=O) groups is 3. The average molecular weight is 396 g/mol. The molecule has 2 amide bonds. The Morgan fingerprint density at radius 3 is 2.75 bits per heavy atom. The Bertz CT molecular complexity index is 713. The topological polar surface area (TPSA) is 105 Å². The summed E-state index contributed by atoms with van der Waals surface area (Å²) >= 11 is 0. The zero-order chi connectivity index (χ0) is 20.7. The van der Waals surface area contributed by atoms with Gasteiger partial charge in [0.25, 0.3) is 5.91 Å². The second-order valence-electron chi connectivity index (χ2n) is 6.75. The fourth-order valence-electron chi connectivity index (χ4n) is 3.06. The molecule has 1 fully saturated rings. The lowest BCUT2D eigenvalue weighted by Crippen LogP contribution is -2.44. The van der Waals surface area contributed by atoms with E-state index >= 15 is 0 Å². The summed E-state index contributed by atoms with van der Waals surface area (Å²) < 4.78 is 23.7. The molecule has 28 heavy (non-hydrogen) atoms. The van der Waals surface area contributed by atoms with Crippen molar-refractivity contribution in [2.24, 2.45) is 0 Å². The highest BCUT2D eigenvalue weighted by Crippen LogP contribution is 2.21. The molecular formula is C19H25FN2O6. The minimum atomic E-state index is -1.02. The smallest absolute Gasteiger partial charge is 0.329 e. The minimum Gasteiger partial charge on any atom is -0.454 e. The van der Waals surface area contributed by atoms with E-state index in [2.05, 4.69) is 5.32 Å². The first-order chi connectivity index (χ1) is 13.3. The maximum atomic E-state index is 13.8. The molecule has 2 rings (SSSR count). The van der Waals surface area contributed by atoms with Crippen LogP contribution in [0.3, 0.4) is 0 Å². The van der Waals surface area contributed by atoms with Crippen LogP contribution < -0.4 is 5.32 Å². The van der Waals surface area contributed by atoms with Gasteiger partial charge in [0.1, 0.15) is 11.9 Å². The van der Waals surface area contributed by atoms with E-state index in [1.165, 1.54) is 30.2 Å². The molecule has 3 atom stereocenters. The predicted octanol–water partition coefficient (Wildman–Crippen LogP) is 0.0243. The number of amides is 2. The number of esters is 1. The Morgan fingerprint density at radius 1 is 1.36 bits per heavy atom. The molecule has 1 aromatic carbocycles. The SMILES string of the molecule is COCC(C)NC(=O)COC(=O)C1CC(O)CN1C(=O)Cc1ccccc1F. The maximum Gasteiger partial charge on any atom is 0.329 e. The molecule has 1 saturated heterocycles. The quantitative estimate of drug-likeness (QED) is 0.601. The number of nitrogens with zero attached hydrogens (tertiary/aromatic N) is 1. The van der Waals surface area contributed by atoms with Crippen molar-refractivity contribution in [1.82, 2.24) is 10.2 Å². The van der Waals surface area contributed by atoms with E-state index in [0.29, 0.717) is 6.61 Å². The molecule has 0 saturated carbocycles. The standard InChI is InChI=1S/C19H25FN2O6/c1-12(10-27-2)21-17(24)11-28-19(26)16-8-14(23)9-22(16)18(25)7-13-5-3-4-6-15(13)20/h3-6,12,14,16,23H,7-11H2,1-2H3,(H,21,24). The molecule has 1 aliphatic rings. The molecule has 3 unspecified atom stereocenters. The van der Waals surface area contributed by atoms with Crippen LogP contribution in [-0.4, -0.2) is 72.8 Å². The Balaban J connectivity index is 1.93. The number of ether oxygens (including phenoxy) is 2. The van der Waals surface area contributed by atoms with Crippen molar-refractivity contribution in [3.63, 3.8) is 0 Å². The number of carbonyl (C=O) groups excluding carboxylic acids is 3. The lowest BCUT2D eigenvalue weighted by atomic mass is 10.1. The first kappa shape index (κ1) is 21.8. The van der Waals surface area contributed by atoms with E-state index in [9.17, 15) is 23.9 Å². The van der Waals surface area contributed by atoms with Crippen LogP contribution in [0.5, 0.6) is 0 Å². The van der Waals surface area contributed by atoms with Crippen molar-refractivity contribution in [2.75, 3.05) is 26.9 Å². The fourth-order valence-corrected chi connectivity index (χ4v) is 3.06. The number of hydrogen-bond donors (Lipinski definition) is 2. The molecule has 8 nitrogen and oxygen atoms in total. The van der Waals surface area contributed by atoms with Gasteiger partial charge in [-0.15, -0.1) is 0 Å². The van der Waals surface area contributed by atoms with Gasteiger partial charge in [-0.1, -0.05) is 18.2 Å². The van der Waals surface area contributed by atoms with Crippen LogP contribution in [0, 0.1) is 5.82 Å². The Kier molecular flexibility index (Phi) is 7.89. The Labute approximate surface area is 162 Å². The second-order valence-corrected chi connectivity index (χ2v) is 6.75. The monoisotopic (exact) mass is 396 g/mol. The van der Waals surface area contributed by atoms with Crippen molar-refractivity contribution in [1.29, 1.82) is 0 Å². The van der Waals surface area contributed by atoms with Crippen LogP contribution in [0.1, 0.15) is 18.9 Å². The zero-order valence-electron chi connectivity index (χ0n) is 15.9. The molecular weight excluding hydrogens is 371 g/mol. The first-order valence-corrected chi connectivity index (χ1v) is 8.97. The van der Waals surface area contributed by atoms with Gasteiger partial charge in [-0.05, 0) is 18.6 Å². The third-order valence-electron chi connectivity index (χ3n) is 4.34. The number of rotatable bonds is 8. The normalized spacial score (nSPS) is 19.9. The first-order valence-electron chi connectivity index (χ1n) is 8.97. The number of nitrogens with one attached hydrogen (secondary N) is 1. The van der Waals surface area contributed by atoms with Gasteiger partial charge in [0.2, 0.25) is 5.91 Å². The zero-order valence-corrected chi connectivity index (χ0v) is 15.9. The largest absolute Gasteiger partial charge is 0.454 e. The lowest BCUT2D eigenvalue weighted by Gasteiger charge is -2.23. The number of aliphatic hydroxyl groups excluding tert-OH is 1. The number of benzene rings is 1. The summed E-state index contributed by atoms with van der Waals surface area (Å²) in [5.41, 5.74) is 0.201. The van der Waals surface area contributed by atoms with Crippen molar-refractivity contribution >= 4 is 17.8 Å². The number of hydrogen-bond acceptors (Lipinski definition) is 6. The summed E-state index contributed by atoms with van der Waals surface area (Å²) in [7, 11) is 1.50. The van der Waals surface area contributed by atoms with E-state index in [1.807, 2.05) is 0 Å². The van der Waals surface area contributed by atoms with E-state index in [-0.39, 0.29) is 31.0 Å². The number of aliphatic hydroxyl groups is 1. The molecule has 0 bridgehead atoms. The van der Waals surface area contributed by atoms with Gasteiger partial charge in [-0.3, -0.25) is 9.59 Å². The van der Waals surface area contributed by atoms with E-state index < -0.39 is 42.4 Å². The number of β-amino-alcohol motifs (C(OH)–C–C–N with tert-alkyl or cyclic N) is 1. The molecule has 0 spiro atoms. The van der Waals surface area contributed by atoms with Gasteiger partial charge in [-0.2, -0.15) is 0 Å². The van der Waals surface area contributed by atoms with E-state index in [1.54, 1.807) is 13.0 Å². The van der Waals surface area contributed by atoms with Crippen LogP contribution in [0.4, 0.5) is 4.39 Å². The lowest BCUT2D eigenvalue weighted by molar-refractivity contribution is -0.156. The van der Waals surface area contributed by atoms with Crippen LogP contribution in [0.2, 0.25) is 0 Å². The molecule has 2 N–H and O–H groups in total. The van der Waals surface area contributed by atoms with Gasteiger partial charge in [0.05, 0.1) is 19.1 Å². The molecule has 154 valence electrons. The highest BCUT2D eigenvalue weighted by atomic mass is 19.1. The number of halogens is 1. The molecule has 9 heteroatoms. The van der Waals surface area contributed by atoms with Crippen molar-refractivity contribution in [3.8, 4) is 0 Å². The van der Waals surface area contributed by atoms with Crippen LogP contribution in [0.25, 0.3) is 0 Å². The van der Waals surface area contributed by atoms with E-state index in [0.717, 1.165) is 0 Å². The van der Waals surface area contributed by atoms with Crippen molar-refractivity contribution < 1.29 is 33.4 Å². The molecule has 1 aromatic rings. The highest BCUT2D eigenvalue weighted by molar-refractivity contribution is 5.88. The summed E-state index contributed by atoms with van der Waals surface area (Å²) in [4.78, 5) is 37.8. The van der Waals surface area contributed by atoms with Crippen molar-refractivity contribution in [3.05, 3.63) is 35.6 Å². The fraction of sp³-hybridized carbons (Fsp3) is 0.526. The van der Waals surface area contributed by atoms with Gasteiger partial charge in [-0.25, -0.2) is 9.18 Å². The second kappa shape index (κ2) is 10.1. The van der Waals surface area contributed by atoms with Gasteiger partial charge < -0.3 is 24.8 Å². The third kappa shape index (κ3) is 6.00. The summed E-state index contributed by atoms with van der Waals surface area (Å²) in [6.45, 7) is 1.49. The summed E-state index contributed by atoms with van der Waals surface area (Å²) in [6, 6.07) is 4.59. The molecule has 1 aliphatic heterocycles. The van der Waals surface area contributed by atoms with Crippen molar-refractivity contribution in [2.45, 2.75) is 38.0 Å². The van der Waals surface area contributed by atoms with Crippen LogP contribution >= 0.6 is 0 Å². The van der Waals surface area contributed by atoms with Gasteiger partial charge in [0, 0.05) is 26.1 Å². The summed E-state index contributed by atoms with van der Waals surface area (Å²) in [5, 5.41) is 12.5. The van der Waals surface area contributed by atoms with Crippen LogP contribution in [-0.2, 0) is 30.3 Å².